The number of carbonyl (C=O) groups excluding carboxylic acids is 1. The highest BCUT2D eigenvalue weighted by Crippen LogP contribution is 2.12. The average molecular weight is 304 g/mol. The Morgan fingerprint density at radius 2 is 2.10 bits per heavy atom. The van der Waals surface area contributed by atoms with Gasteiger partial charge in [-0.1, -0.05) is 6.92 Å². The van der Waals surface area contributed by atoms with Crippen molar-refractivity contribution < 1.29 is 4.79 Å². The number of carbonyl (C=O) groups is 1. The van der Waals surface area contributed by atoms with Crippen molar-refractivity contribution in [3.63, 3.8) is 0 Å². The van der Waals surface area contributed by atoms with Gasteiger partial charge in [0.2, 0.25) is 0 Å². The molecule has 0 aliphatic heterocycles. The standard InChI is InChI=1S/C15H20N4OS/c1-3-7-17-15(20)12-4-5-13(18-10-12)16-8-6-14-19-9-11(2)21-14/h4-5,9-10H,3,6-8H2,1-2H3,(H,16,18)(H,17,20). The predicted molar refractivity (Wildman–Crippen MR) is 85.9 cm³/mol. The number of amides is 1. The van der Waals surface area contributed by atoms with Crippen LogP contribution >= 0.6 is 11.3 Å². The second-order valence-electron chi connectivity index (χ2n) is 4.73. The first kappa shape index (κ1) is 15.4. The van der Waals surface area contributed by atoms with Crippen LogP contribution < -0.4 is 10.6 Å². The first-order chi connectivity index (χ1) is 10.2. The zero-order chi connectivity index (χ0) is 15.1. The molecular formula is C15H20N4OS. The molecule has 21 heavy (non-hydrogen) atoms. The molecule has 0 radical (unpaired) electrons. The van der Waals surface area contributed by atoms with Crippen molar-refractivity contribution in [2.45, 2.75) is 26.7 Å². The van der Waals surface area contributed by atoms with Crippen LogP contribution in [0.3, 0.4) is 0 Å². The van der Waals surface area contributed by atoms with Gasteiger partial charge in [0, 0.05) is 36.8 Å². The predicted octanol–water partition coefficient (Wildman–Crippen LogP) is 2.64. The molecule has 2 aromatic rings. The summed E-state index contributed by atoms with van der Waals surface area (Å²) in [7, 11) is 0. The summed E-state index contributed by atoms with van der Waals surface area (Å²) in [6, 6.07) is 3.61. The summed E-state index contributed by atoms with van der Waals surface area (Å²) in [6.07, 6.45) is 5.29. The van der Waals surface area contributed by atoms with E-state index in [2.05, 4.69) is 27.5 Å². The largest absolute Gasteiger partial charge is 0.370 e. The Morgan fingerprint density at radius 1 is 1.24 bits per heavy atom. The van der Waals surface area contributed by atoms with Crippen LogP contribution in [0.15, 0.2) is 24.5 Å². The highest BCUT2D eigenvalue weighted by atomic mass is 32.1. The summed E-state index contributed by atoms with van der Waals surface area (Å²) in [5, 5.41) is 7.19. The molecule has 0 saturated carbocycles. The fraction of sp³-hybridized carbons (Fsp3) is 0.400. The van der Waals surface area contributed by atoms with Gasteiger partial charge in [-0.15, -0.1) is 11.3 Å². The minimum absolute atomic E-state index is 0.0749. The van der Waals surface area contributed by atoms with Crippen molar-refractivity contribution in [1.82, 2.24) is 15.3 Å². The van der Waals surface area contributed by atoms with Gasteiger partial charge in [0.1, 0.15) is 5.82 Å². The van der Waals surface area contributed by atoms with Crippen molar-refractivity contribution >= 4 is 23.1 Å². The molecule has 0 atom stereocenters. The molecule has 0 bridgehead atoms. The van der Waals surface area contributed by atoms with Gasteiger partial charge >= 0.3 is 0 Å². The molecular weight excluding hydrogens is 284 g/mol. The summed E-state index contributed by atoms with van der Waals surface area (Å²) in [6.45, 7) is 5.54. The Labute approximate surface area is 128 Å². The SMILES string of the molecule is CCCNC(=O)c1ccc(NCCc2ncc(C)s2)nc1. The van der Waals surface area contributed by atoms with Crippen molar-refractivity contribution in [3.05, 3.63) is 40.0 Å². The van der Waals surface area contributed by atoms with E-state index in [4.69, 9.17) is 0 Å². The zero-order valence-electron chi connectivity index (χ0n) is 12.3. The molecule has 0 aliphatic rings. The maximum Gasteiger partial charge on any atom is 0.252 e. The highest BCUT2D eigenvalue weighted by Gasteiger charge is 2.05. The van der Waals surface area contributed by atoms with E-state index >= 15 is 0 Å². The molecule has 6 heteroatoms. The molecule has 0 spiro atoms. The number of nitrogens with zero attached hydrogens (tertiary/aromatic N) is 2. The second kappa shape index (κ2) is 7.73. The molecule has 1 amide bonds. The molecule has 0 unspecified atom stereocenters. The van der Waals surface area contributed by atoms with E-state index in [0.29, 0.717) is 12.1 Å². The van der Waals surface area contributed by atoms with Crippen LogP contribution in [0.25, 0.3) is 0 Å². The summed E-state index contributed by atoms with van der Waals surface area (Å²) < 4.78 is 0. The van der Waals surface area contributed by atoms with Crippen LogP contribution in [-0.2, 0) is 6.42 Å². The fourth-order valence-corrected chi connectivity index (χ4v) is 2.57. The number of thiazole rings is 1. The summed E-state index contributed by atoms with van der Waals surface area (Å²) in [5.74, 6) is 0.699. The first-order valence-corrected chi connectivity index (χ1v) is 7.90. The number of pyridine rings is 1. The molecule has 0 fully saturated rings. The lowest BCUT2D eigenvalue weighted by Gasteiger charge is -2.06. The number of rotatable bonds is 7. The fourth-order valence-electron chi connectivity index (χ4n) is 1.79. The van der Waals surface area contributed by atoms with Gasteiger partial charge in [-0.3, -0.25) is 4.79 Å². The third-order valence-corrected chi connectivity index (χ3v) is 3.85. The number of nitrogens with one attached hydrogen (secondary N) is 2. The number of hydrogen-bond acceptors (Lipinski definition) is 5. The van der Waals surface area contributed by atoms with E-state index in [1.54, 1.807) is 23.6 Å². The van der Waals surface area contributed by atoms with Gasteiger partial charge in [0.15, 0.2) is 0 Å². The molecule has 112 valence electrons. The van der Waals surface area contributed by atoms with Gasteiger partial charge < -0.3 is 10.6 Å². The van der Waals surface area contributed by atoms with Gasteiger partial charge in [0.25, 0.3) is 5.91 Å². The lowest BCUT2D eigenvalue weighted by molar-refractivity contribution is 0.0953. The lowest BCUT2D eigenvalue weighted by atomic mass is 10.2. The van der Waals surface area contributed by atoms with Crippen LogP contribution in [0, 0.1) is 6.92 Å². The molecule has 2 aromatic heterocycles. The third-order valence-electron chi connectivity index (χ3n) is 2.88. The maximum absolute atomic E-state index is 11.7. The van der Waals surface area contributed by atoms with Crippen molar-refractivity contribution in [1.29, 1.82) is 0 Å². The van der Waals surface area contributed by atoms with Crippen LogP contribution in [0.5, 0.6) is 0 Å². The van der Waals surface area contributed by atoms with E-state index in [9.17, 15) is 4.79 Å². The highest BCUT2D eigenvalue weighted by molar-refractivity contribution is 7.11. The molecule has 2 N–H and O–H groups in total. The smallest absolute Gasteiger partial charge is 0.252 e. The van der Waals surface area contributed by atoms with Crippen molar-refractivity contribution in [2.75, 3.05) is 18.4 Å². The number of aromatic nitrogens is 2. The van der Waals surface area contributed by atoms with Gasteiger partial charge in [-0.25, -0.2) is 9.97 Å². The van der Waals surface area contributed by atoms with Gasteiger partial charge in [0.05, 0.1) is 10.6 Å². The molecule has 0 aliphatic carbocycles. The van der Waals surface area contributed by atoms with Crippen LogP contribution in [0.4, 0.5) is 5.82 Å². The Hall–Kier alpha value is -1.95. The number of hydrogen-bond donors (Lipinski definition) is 2. The molecule has 5 nitrogen and oxygen atoms in total. The topological polar surface area (TPSA) is 66.9 Å². The number of anilines is 1. The number of aryl methyl sites for hydroxylation is 1. The average Bonchev–Trinajstić information content (AvgIpc) is 2.91. The summed E-state index contributed by atoms with van der Waals surface area (Å²) in [4.78, 5) is 21.5. The zero-order valence-corrected chi connectivity index (χ0v) is 13.2. The lowest BCUT2D eigenvalue weighted by Crippen LogP contribution is -2.24. The Balaban J connectivity index is 1.80. The molecule has 2 heterocycles. The monoisotopic (exact) mass is 304 g/mol. The van der Waals surface area contributed by atoms with Gasteiger partial charge in [-0.05, 0) is 25.5 Å². The normalized spacial score (nSPS) is 10.4. The van der Waals surface area contributed by atoms with Crippen molar-refractivity contribution in [2.24, 2.45) is 0 Å². The molecule has 0 saturated heterocycles. The van der Waals surface area contributed by atoms with E-state index in [-0.39, 0.29) is 5.91 Å². The molecule has 0 aromatic carbocycles. The van der Waals surface area contributed by atoms with E-state index in [1.807, 2.05) is 19.2 Å². The van der Waals surface area contributed by atoms with E-state index < -0.39 is 0 Å². The van der Waals surface area contributed by atoms with E-state index in [0.717, 1.165) is 30.2 Å². The van der Waals surface area contributed by atoms with Crippen molar-refractivity contribution in [3.8, 4) is 0 Å². The van der Waals surface area contributed by atoms with Crippen LogP contribution in [-0.4, -0.2) is 29.0 Å². The minimum atomic E-state index is -0.0749. The van der Waals surface area contributed by atoms with Crippen LogP contribution in [0.2, 0.25) is 0 Å². The summed E-state index contributed by atoms with van der Waals surface area (Å²) in [5.41, 5.74) is 0.588. The Kier molecular flexibility index (Phi) is 5.68. The third kappa shape index (κ3) is 4.82. The summed E-state index contributed by atoms with van der Waals surface area (Å²) >= 11 is 1.71. The van der Waals surface area contributed by atoms with E-state index in [1.165, 1.54) is 4.88 Å². The Bertz CT molecular complexity index is 580. The molecule has 2 rings (SSSR count). The minimum Gasteiger partial charge on any atom is -0.370 e. The maximum atomic E-state index is 11.7. The first-order valence-electron chi connectivity index (χ1n) is 7.08. The quantitative estimate of drug-likeness (QED) is 0.825. The van der Waals surface area contributed by atoms with Crippen LogP contribution in [0.1, 0.15) is 33.6 Å². The van der Waals surface area contributed by atoms with Gasteiger partial charge in [-0.2, -0.15) is 0 Å². The second-order valence-corrected chi connectivity index (χ2v) is 6.05. The Morgan fingerprint density at radius 3 is 2.71 bits per heavy atom.